The first-order valence-electron chi connectivity index (χ1n) is 4.34. The van der Waals surface area contributed by atoms with Crippen molar-refractivity contribution in [3.8, 4) is 0 Å². The number of hydrogen-bond acceptors (Lipinski definition) is 2. The molecule has 1 rings (SSSR count). The van der Waals surface area contributed by atoms with E-state index in [2.05, 4.69) is 4.74 Å². The van der Waals surface area contributed by atoms with Crippen LogP contribution in [0.2, 0.25) is 0 Å². The van der Waals surface area contributed by atoms with E-state index in [4.69, 9.17) is 0 Å². The van der Waals surface area contributed by atoms with Gasteiger partial charge in [-0.1, -0.05) is 13.8 Å². The minimum absolute atomic E-state index is 0.538. The molecule has 82 valence electrons. The molecule has 5 heteroatoms. The molecule has 0 amide bonds. The fraction of sp³-hybridized carbons (Fsp3) is 0.889. The Hall–Kier alpha value is -0.740. The number of methoxy groups -OCH3 is 1. The van der Waals surface area contributed by atoms with E-state index in [0.717, 1.165) is 0 Å². The molecule has 0 unspecified atom stereocenters. The maximum Gasteiger partial charge on any atom is 0.389 e. The van der Waals surface area contributed by atoms with Crippen LogP contribution in [0.3, 0.4) is 0 Å². The minimum Gasteiger partial charge on any atom is -0.469 e. The molecule has 0 aromatic rings. The number of carbonyl (C=O) groups excluding carboxylic acids is 1. The van der Waals surface area contributed by atoms with Crippen LogP contribution in [0.5, 0.6) is 0 Å². The van der Waals surface area contributed by atoms with Crippen molar-refractivity contribution in [1.82, 2.24) is 0 Å². The van der Waals surface area contributed by atoms with Gasteiger partial charge in [-0.15, -0.1) is 0 Å². The molecular formula is C9H13F3O2. The Bertz CT molecular complexity index is 245. The lowest BCUT2D eigenvalue weighted by atomic mass is 10.1. The van der Waals surface area contributed by atoms with Crippen molar-refractivity contribution in [2.24, 2.45) is 17.3 Å². The van der Waals surface area contributed by atoms with Gasteiger partial charge in [-0.25, -0.2) is 0 Å². The fourth-order valence-electron chi connectivity index (χ4n) is 1.97. The minimum atomic E-state index is -4.20. The van der Waals surface area contributed by atoms with Gasteiger partial charge in [0.2, 0.25) is 0 Å². The lowest BCUT2D eigenvalue weighted by Crippen LogP contribution is -2.11. The molecule has 14 heavy (non-hydrogen) atoms. The third-order valence-corrected chi connectivity index (χ3v) is 2.96. The summed E-state index contributed by atoms with van der Waals surface area (Å²) in [6.07, 6.45) is -5.11. The summed E-state index contributed by atoms with van der Waals surface area (Å²) in [6.45, 7) is 3.32. The van der Waals surface area contributed by atoms with Crippen LogP contribution < -0.4 is 0 Å². The summed E-state index contributed by atoms with van der Waals surface area (Å²) in [6, 6.07) is 0. The van der Waals surface area contributed by atoms with Gasteiger partial charge in [-0.05, 0) is 11.3 Å². The number of alkyl halides is 3. The molecule has 0 aromatic heterocycles. The molecule has 0 heterocycles. The average Bonchev–Trinajstić information content (AvgIpc) is 2.49. The molecule has 2 atom stereocenters. The molecule has 0 spiro atoms. The molecule has 1 aliphatic rings. The molecule has 1 saturated carbocycles. The zero-order valence-corrected chi connectivity index (χ0v) is 8.31. The molecule has 1 fully saturated rings. The third kappa shape index (κ3) is 2.01. The predicted molar refractivity (Wildman–Crippen MR) is 43.4 cm³/mol. The van der Waals surface area contributed by atoms with Gasteiger partial charge in [-0.2, -0.15) is 13.2 Å². The summed E-state index contributed by atoms with van der Waals surface area (Å²) in [4.78, 5) is 11.1. The molecule has 2 nitrogen and oxygen atoms in total. The molecule has 0 radical (unpaired) electrons. The lowest BCUT2D eigenvalue weighted by molar-refractivity contribution is -0.146. The molecule has 0 aromatic carbocycles. The van der Waals surface area contributed by atoms with Gasteiger partial charge in [0.25, 0.3) is 0 Å². The highest BCUT2D eigenvalue weighted by atomic mass is 19.4. The van der Waals surface area contributed by atoms with Crippen molar-refractivity contribution < 1.29 is 22.7 Å². The summed E-state index contributed by atoms with van der Waals surface area (Å²) < 4.78 is 40.7. The first-order chi connectivity index (χ1) is 6.20. The maximum atomic E-state index is 12.1. The third-order valence-electron chi connectivity index (χ3n) is 2.96. The average molecular weight is 210 g/mol. The Morgan fingerprint density at radius 2 is 1.93 bits per heavy atom. The van der Waals surface area contributed by atoms with E-state index in [0.29, 0.717) is 0 Å². The van der Waals surface area contributed by atoms with E-state index in [9.17, 15) is 18.0 Å². The van der Waals surface area contributed by atoms with Crippen molar-refractivity contribution in [3.05, 3.63) is 0 Å². The van der Waals surface area contributed by atoms with Crippen LogP contribution in [-0.4, -0.2) is 19.3 Å². The van der Waals surface area contributed by atoms with Gasteiger partial charge < -0.3 is 4.74 Å². The van der Waals surface area contributed by atoms with Gasteiger partial charge in [0, 0.05) is 6.42 Å². The van der Waals surface area contributed by atoms with E-state index in [-0.39, 0.29) is 0 Å². The number of rotatable bonds is 2. The van der Waals surface area contributed by atoms with E-state index in [1.807, 2.05) is 0 Å². The van der Waals surface area contributed by atoms with Gasteiger partial charge in [0.1, 0.15) is 0 Å². The van der Waals surface area contributed by atoms with Crippen molar-refractivity contribution in [1.29, 1.82) is 0 Å². The van der Waals surface area contributed by atoms with Gasteiger partial charge >= 0.3 is 12.1 Å². The Morgan fingerprint density at radius 3 is 2.29 bits per heavy atom. The Labute approximate surface area is 80.4 Å². The Balaban J connectivity index is 2.62. The first kappa shape index (κ1) is 11.3. The SMILES string of the molecule is COC(=O)[C@H]1[C@H](CC(F)(F)F)C1(C)C. The fourth-order valence-corrected chi connectivity index (χ4v) is 1.97. The van der Waals surface area contributed by atoms with E-state index in [1.54, 1.807) is 13.8 Å². The smallest absolute Gasteiger partial charge is 0.389 e. The number of esters is 1. The number of carbonyl (C=O) groups is 1. The number of halogens is 3. The second kappa shape index (κ2) is 3.14. The first-order valence-corrected chi connectivity index (χ1v) is 4.34. The highest BCUT2D eigenvalue weighted by Crippen LogP contribution is 2.62. The van der Waals surface area contributed by atoms with Crippen LogP contribution in [0.4, 0.5) is 13.2 Å². The lowest BCUT2D eigenvalue weighted by Gasteiger charge is -2.05. The molecule has 0 bridgehead atoms. The van der Waals surface area contributed by atoms with Gasteiger partial charge in [-0.3, -0.25) is 4.79 Å². The van der Waals surface area contributed by atoms with Crippen LogP contribution in [-0.2, 0) is 9.53 Å². The van der Waals surface area contributed by atoms with E-state index in [1.165, 1.54) is 7.11 Å². The second-order valence-corrected chi connectivity index (χ2v) is 4.25. The zero-order chi connectivity index (χ0) is 11.1. The van der Waals surface area contributed by atoms with Crippen LogP contribution in [0, 0.1) is 17.3 Å². The predicted octanol–water partition coefficient (Wildman–Crippen LogP) is 2.38. The van der Waals surface area contributed by atoms with Gasteiger partial charge in [0.05, 0.1) is 13.0 Å². The van der Waals surface area contributed by atoms with Crippen molar-refractivity contribution in [3.63, 3.8) is 0 Å². The largest absolute Gasteiger partial charge is 0.469 e. The Morgan fingerprint density at radius 1 is 1.43 bits per heavy atom. The summed E-state index contributed by atoms with van der Waals surface area (Å²) >= 11 is 0. The molecule has 0 N–H and O–H groups in total. The van der Waals surface area contributed by atoms with Crippen LogP contribution in [0.15, 0.2) is 0 Å². The summed E-state index contributed by atoms with van der Waals surface area (Å²) in [5.41, 5.74) is -0.581. The standard InChI is InChI=1S/C9H13F3O2/c1-8(2)5(4-9(10,11)12)6(8)7(13)14-3/h5-6H,4H2,1-3H3/t5-,6+/m0/s1. The maximum absolute atomic E-state index is 12.1. The number of ether oxygens (including phenoxy) is 1. The molecule has 0 aliphatic heterocycles. The monoisotopic (exact) mass is 210 g/mol. The van der Waals surface area contributed by atoms with Crippen molar-refractivity contribution >= 4 is 5.97 Å². The quantitative estimate of drug-likeness (QED) is 0.654. The highest BCUT2D eigenvalue weighted by Gasteiger charge is 2.64. The molecular weight excluding hydrogens is 197 g/mol. The van der Waals surface area contributed by atoms with Crippen LogP contribution in [0.25, 0.3) is 0 Å². The molecule has 0 saturated heterocycles. The van der Waals surface area contributed by atoms with Gasteiger partial charge in [0.15, 0.2) is 0 Å². The van der Waals surface area contributed by atoms with E-state index >= 15 is 0 Å². The summed E-state index contributed by atoms with van der Waals surface area (Å²) in [5.74, 6) is -1.77. The summed E-state index contributed by atoms with van der Waals surface area (Å²) in [7, 11) is 1.20. The Kier molecular flexibility index (Phi) is 2.54. The highest BCUT2D eigenvalue weighted by molar-refractivity contribution is 5.77. The summed E-state index contributed by atoms with van der Waals surface area (Å²) in [5, 5.41) is 0. The number of hydrogen-bond donors (Lipinski definition) is 0. The van der Waals surface area contributed by atoms with Crippen LogP contribution >= 0.6 is 0 Å². The van der Waals surface area contributed by atoms with Crippen molar-refractivity contribution in [2.45, 2.75) is 26.4 Å². The zero-order valence-electron chi connectivity index (χ0n) is 8.31. The topological polar surface area (TPSA) is 26.3 Å². The van der Waals surface area contributed by atoms with Crippen molar-refractivity contribution in [2.75, 3.05) is 7.11 Å². The normalized spacial score (nSPS) is 29.9. The van der Waals surface area contributed by atoms with Crippen LogP contribution in [0.1, 0.15) is 20.3 Å². The molecule has 1 aliphatic carbocycles. The second-order valence-electron chi connectivity index (χ2n) is 4.25. The van der Waals surface area contributed by atoms with E-state index < -0.39 is 35.8 Å².